The summed E-state index contributed by atoms with van der Waals surface area (Å²) < 4.78 is 34.6. The van der Waals surface area contributed by atoms with Gasteiger partial charge >= 0.3 is 0 Å². The average molecular weight is 529 g/mol. The number of benzene rings is 1. The highest BCUT2D eigenvalue weighted by molar-refractivity contribution is 7.89. The Bertz CT molecular complexity index is 1240. The number of likely N-dealkylation sites (tertiary alicyclic amines) is 1. The second-order valence-electron chi connectivity index (χ2n) is 10.2. The fourth-order valence-corrected chi connectivity index (χ4v) is 6.77. The second-order valence-corrected chi connectivity index (χ2v) is 11.9. The number of carbonyl (C=O) groups is 1. The molecule has 1 atom stereocenters. The van der Waals surface area contributed by atoms with Crippen molar-refractivity contribution in [2.75, 3.05) is 55.5 Å². The van der Waals surface area contributed by atoms with E-state index >= 15 is 0 Å². The molecule has 2 fully saturated rings. The third-order valence-corrected chi connectivity index (χ3v) is 9.13. The molecule has 2 aromatic rings. The van der Waals surface area contributed by atoms with Crippen molar-refractivity contribution in [3.8, 4) is 0 Å². The summed E-state index contributed by atoms with van der Waals surface area (Å²) in [6.07, 6.45) is 3.27. The molecule has 0 unspecified atom stereocenters. The van der Waals surface area contributed by atoms with Gasteiger partial charge in [0, 0.05) is 38.0 Å². The Hall–Kier alpha value is -2.73. The summed E-state index contributed by atoms with van der Waals surface area (Å²) in [7, 11) is 0.183. The van der Waals surface area contributed by atoms with Crippen LogP contribution in [0, 0.1) is 0 Å². The maximum Gasteiger partial charge on any atom is 0.249 e. The third-order valence-electron chi connectivity index (χ3n) is 7.61. The van der Waals surface area contributed by atoms with Crippen LogP contribution in [0.2, 0.25) is 0 Å². The zero-order chi connectivity index (χ0) is 26.2. The van der Waals surface area contributed by atoms with Gasteiger partial charge in [0.05, 0.1) is 10.6 Å². The quantitative estimate of drug-likeness (QED) is 0.589. The molecule has 11 heteroatoms. The lowest BCUT2D eigenvalue weighted by molar-refractivity contribution is -0.119. The number of amides is 1. The lowest BCUT2D eigenvalue weighted by atomic mass is 10.0. The Morgan fingerprint density at radius 2 is 1.76 bits per heavy atom. The molecule has 2 saturated heterocycles. The summed E-state index contributed by atoms with van der Waals surface area (Å²) in [4.78, 5) is 24.1. The predicted octanol–water partition coefficient (Wildman–Crippen LogP) is 2.55. The molecule has 1 aromatic carbocycles. The number of hydrogen-bond donors (Lipinski definition) is 2. The van der Waals surface area contributed by atoms with E-state index in [0.29, 0.717) is 24.7 Å². The van der Waals surface area contributed by atoms with E-state index in [2.05, 4.69) is 19.8 Å². The minimum Gasteiger partial charge on any atom is -0.381 e. The Morgan fingerprint density at radius 3 is 2.49 bits per heavy atom. The number of nitrogens with zero attached hydrogens (tertiary/aromatic N) is 4. The fourth-order valence-electron chi connectivity index (χ4n) is 5.42. The van der Waals surface area contributed by atoms with Crippen molar-refractivity contribution in [3.63, 3.8) is 0 Å². The average Bonchev–Trinajstić information content (AvgIpc) is 2.89. The smallest absolute Gasteiger partial charge is 0.249 e. The number of anilines is 4. The van der Waals surface area contributed by atoms with Crippen LogP contribution in [-0.2, 0) is 19.6 Å². The number of nitrogens with one attached hydrogen (secondary N) is 2. The van der Waals surface area contributed by atoms with Crippen molar-refractivity contribution in [1.29, 1.82) is 0 Å². The van der Waals surface area contributed by atoms with Gasteiger partial charge in [-0.2, -0.15) is 0 Å². The van der Waals surface area contributed by atoms with E-state index in [-0.39, 0.29) is 28.9 Å². The van der Waals surface area contributed by atoms with Gasteiger partial charge in [-0.25, -0.2) is 18.1 Å². The number of hydrogen-bond acceptors (Lipinski definition) is 8. The molecule has 0 saturated carbocycles. The summed E-state index contributed by atoms with van der Waals surface area (Å²) in [6.45, 7) is 5.01. The van der Waals surface area contributed by atoms with Crippen molar-refractivity contribution in [2.45, 2.75) is 55.6 Å². The van der Waals surface area contributed by atoms with Crippen molar-refractivity contribution in [1.82, 2.24) is 14.6 Å². The number of ether oxygens (including phenoxy) is 1. The lowest BCUT2D eigenvalue weighted by Crippen LogP contribution is -2.56. The summed E-state index contributed by atoms with van der Waals surface area (Å²) in [5.41, 5.74) is 1.39. The number of sulfonamides is 1. The van der Waals surface area contributed by atoms with Gasteiger partial charge in [-0.1, -0.05) is 6.07 Å². The van der Waals surface area contributed by atoms with Crippen LogP contribution in [0.5, 0.6) is 0 Å². The first-order valence-electron chi connectivity index (χ1n) is 13.0. The minimum atomic E-state index is -3.64. The van der Waals surface area contributed by atoms with Crippen LogP contribution in [0.3, 0.4) is 0 Å². The number of pyridine rings is 1. The van der Waals surface area contributed by atoms with Crippen molar-refractivity contribution < 1.29 is 17.9 Å². The molecule has 1 aromatic heterocycles. The highest BCUT2D eigenvalue weighted by Gasteiger charge is 2.39. The third kappa shape index (κ3) is 5.45. The molecule has 0 aliphatic carbocycles. The monoisotopic (exact) mass is 528 g/mol. The van der Waals surface area contributed by atoms with E-state index in [1.54, 1.807) is 30.1 Å². The van der Waals surface area contributed by atoms with E-state index in [9.17, 15) is 13.2 Å². The number of likely N-dealkylation sites (N-methyl/N-ethyl adjacent to an activating group) is 1. The molecule has 200 valence electrons. The molecule has 10 nitrogen and oxygen atoms in total. The Balaban J connectivity index is 1.38. The Morgan fingerprint density at radius 1 is 1.03 bits per heavy atom. The van der Waals surface area contributed by atoms with Crippen LogP contribution in [0.25, 0.3) is 0 Å². The van der Waals surface area contributed by atoms with Crippen LogP contribution in [-0.4, -0.2) is 82.7 Å². The molecule has 2 N–H and O–H groups in total. The molecule has 37 heavy (non-hydrogen) atoms. The standard InChI is InChI=1S/C26H36N6O4S/c1-18-26(33)31(3)23-7-8-24(28-25(23)32(18)21-11-15-36-16-12-21)27-20-5-4-6-22(17-20)37(34,35)29-19-9-13-30(2)14-10-19/h4-8,17-19,21,29H,9-16H2,1-3H3,(H,27,28)/t18-/m1/s1. The van der Waals surface area contributed by atoms with Gasteiger partial charge in [-0.05, 0) is 83.1 Å². The summed E-state index contributed by atoms with van der Waals surface area (Å²) in [5, 5.41) is 3.28. The zero-order valence-corrected chi connectivity index (χ0v) is 22.5. The number of fused-ring (bicyclic) bond motifs is 1. The predicted molar refractivity (Wildman–Crippen MR) is 144 cm³/mol. The summed E-state index contributed by atoms with van der Waals surface area (Å²) >= 11 is 0. The number of carbonyl (C=O) groups excluding carboxylic acids is 1. The highest BCUT2D eigenvalue weighted by Crippen LogP contribution is 2.38. The Labute approximate surface area is 219 Å². The normalized spacial score (nSPS) is 22.2. The van der Waals surface area contributed by atoms with Crippen molar-refractivity contribution in [3.05, 3.63) is 36.4 Å². The van der Waals surface area contributed by atoms with Crippen LogP contribution in [0.15, 0.2) is 41.3 Å². The maximum atomic E-state index is 13.1. The van der Waals surface area contributed by atoms with E-state index in [1.165, 1.54) is 0 Å². The highest BCUT2D eigenvalue weighted by atomic mass is 32.2. The molecule has 1 amide bonds. The molecular weight excluding hydrogens is 492 g/mol. The molecule has 4 heterocycles. The van der Waals surface area contributed by atoms with Gasteiger partial charge in [0.15, 0.2) is 5.82 Å². The van der Waals surface area contributed by atoms with Crippen LogP contribution < -0.4 is 19.8 Å². The molecule has 3 aliphatic heterocycles. The van der Waals surface area contributed by atoms with Gasteiger partial charge in [-0.15, -0.1) is 0 Å². The van der Waals surface area contributed by atoms with Crippen LogP contribution in [0.4, 0.5) is 23.0 Å². The van der Waals surface area contributed by atoms with E-state index in [1.807, 2.05) is 32.2 Å². The van der Waals surface area contributed by atoms with Crippen molar-refractivity contribution >= 4 is 38.9 Å². The summed E-state index contributed by atoms with van der Waals surface area (Å²) in [6, 6.07) is 10.3. The topological polar surface area (TPSA) is 107 Å². The van der Waals surface area contributed by atoms with E-state index in [0.717, 1.165) is 50.3 Å². The van der Waals surface area contributed by atoms with Gasteiger partial charge in [-0.3, -0.25) is 4.79 Å². The number of aromatic nitrogens is 1. The van der Waals surface area contributed by atoms with Crippen molar-refractivity contribution in [2.24, 2.45) is 0 Å². The first-order valence-corrected chi connectivity index (χ1v) is 14.4. The lowest BCUT2D eigenvalue weighted by Gasteiger charge is -2.44. The molecule has 0 spiro atoms. The van der Waals surface area contributed by atoms with Gasteiger partial charge in [0.1, 0.15) is 11.9 Å². The minimum absolute atomic E-state index is 0.0384. The largest absolute Gasteiger partial charge is 0.381 e. The Kier molecular flexibility index (Phi) is 7.39. The molecule has 0 radical (unpaired) electrons. The molecule has 3 aliphatic rings. The molecular formula is C26H36N6O4S. The van der Waals surface area contributed by atoms with E-state index < -0.39 is 10.0 Å². The van der Waals surface area contributed by atoms with Crippen LogP contribution in [0.1, 0.15) is 32.6 Å². The fraction of sp³-hybridized carbons (Fsp3) is 0.538. The molecule has 5 rings (SSSR count). The first-order chi connectivity index (χ1) is 17.7. The van der Waals surface area contributed by atoms with Crippen LogP contribution >= 0.6 is 0 Å². The zero-order valence-electron chi connectivity index (χ0n) is 21.7. The SMILES string of the molecule is C[C@@H]1C(=O)N(C)c2ccc(Nc3cccc(S(=O)(=O)NC4CCN(C)CC4)c3)nc2N1C1CCOCC1. The second kappa shape index (κ2) is 10.6. The summed E-state index contributed by atoms with van der Waals surface area (Å²) in [5.74, 6) is 1.37. The van der Waals surface area contributed by atoms with Gasteiger partial charge in [0.25, 0.3) is 0 Å². The maximum absolute atomic E-state index is 13.1. The van der Waals surface area contributed by atoms with E-state index in [4.69, 9.17) is 9.72 Å². The number of piperidine rings is 1. The van der Waals surface area contributed by atoms with Gasteiger partial charge in [0.2, 0.25) is 15.9 Å². The first kappa shape index (κ1) is 25.9. The number of rotatable bonds is 6. The van der Waals surface area contributed by atoms with Gasteiger partial charge < -0.3 is 24.8 Å². The molecule has 0 bridgehead atoms.